The Kier molecular flexibility index (Phi) is 3.87. The first-order chi connectivity index (χ1) is 4.20. The first-order valence-electron chi connectivity index (χ1n) is 2.16. The molecule has 0 aliphatic carbocycles. The van der Waals surface area contributed by atoms with Crippen molar-refractivity contribution in [2.24, 2.45) is 10.7 Å². The predicted octanol–water partition coefficient (Wildman–Crippen LogP) is 0.431. The molecular weight excluding hydrogens is 140 g/mol. The van der Waals surface area contributed by atoms with Gasteiger partial charge in [-0.05, 0) is 6.26 Å². The van der Waals surface area contributed by atoms with Gasteiger partial charge in [0.15, 0.2) is 0 Å². The molecule has 0 atom stereocenters. The van der Waals surface area contributed by atoms with E-state index in [1.54, 1.807) is 6.26 Å². The van der Waals surface area contributed by atoms with Crippen molar-refractivity contribution in [1.29, 1.82) is 0 Å². The van der Waals surface area contributed by atoms with Crippen LogP contribution in [0.2, 0.25) is 0 Å². The summed E-state index contributed by atoms with van der Waals surface area (Å²) >= 11 is 1.23. The molecule has 0 aromatic carbocycles. The fraction of sp³-hybridized carbons (Fsp3) is 0.500. The molecule has 0 saturated carbocycles. The van der Waals surface area contributed by atoms with Gasteiger partial charge in [-0.15, -0.1) is 0 Å². The van der Waals surface area contributed by atoms with E-state index >= 15 is 0 Å². The highest BCUT2D eigenvalue weighted by molar-refractivity contribution is 8.12. The van der Waals surface area contributed by atoms with E-state index in [0.717, 1.165) is 0 Å². The van der Waals surface area contributed by atoms with Gasteiger partial charge in [-0.1, -0.05) is 11.8 Å². The lowest BCUT2D eigenvalue weighted by Crippen LogP contribution is -2.08. The summed E-state index contributed by atoms with van der Waals surface area (Å²) in [6, 6.07) is -0.735. The van der Waals surface area contributed by atoms with E-state index < -0.39 is 6.03 Å². The lowest BCUT2D eigenvalue weighted by Gasteiger charge is -1.95. The zero-order valence-electron chi connectivity index (χ0n) is 5.25. The van der Waals surface area contributed by atoms with Gasteiger partial charge in [-0.2, -0.15) is 4.99 Å². The van der Waals surface area contributed by atoms with Gasteiger partial charge in [-0.3, -0.25) is 0 Å². The van der Waals surface area contributed by atoms with E-state index in [0.29, 0.717) is 0 Å². The maximum absolute atomic E-state index is 10.1. The van der Waals surface area contributed by atoms with Crippen molar-refractivity contribution in [3.05, 3.63) is 0 Å². The molecule has 5 heteroatoms. The van der Waals surface area contributed by atoms with E-state index in [-0.39, 0.29) is 5.23 Å². The van der Waals surface area contributed by atoms with E-state index in [9.17, 15) is 4.79 Å². The maximum atomic E-state index is 10.1. The maximum Gasteiger partial charge on any atom is 0.342 e. The summed E-state index contributed by atoms with van der Waals surface area (Å²) in [5.74, 6) is 0. The summed E-state index contributed by atoms with van der Waals surface area (Å²) in [6.45, 7) is 0. The molecule has 0 heterocycles. The molecule has 0 aromatic heterocycles. The summed E-state index contributed by atoms with van der Waals surface area (Å²) in [5, 5.41) is 0.280. The number of rotatable bonds is 0. The highest BCUT2D eigenvalue weighted by Gasteiger charge is 1.95. The van der Waals surface area contributed by atoms with Crippen molar-refractivity contribution >= 4 is 23.0 Å². The third-order valence-electron chi connectivity index (χ3n) is 0.551. The van der Waals surface area contributed by atoms with Crippen LogP contribution in [0.15, 0.2) is 4.99 Å². The number of hydrogen-bond donors (Lipinski definition) is 1. The Hall–Kier alpha value is -0.710. The predicted molar refractivity (Wildman–Crippen MR) is 37.5 cm³/mol. The first-order valence-corrected chi connectivity index (χ1v) is 3.39. The summed E-state index contributed by atoms with van der Waals surface area (Å²) < 4.78 is 4.62. The molecule has 0 aliphatic rings. The number of ether oxygens (including phenoxy) is 1. The Morgan fingerprint density at radius 2 is 2.33 bits per heavy atom. The van der Waals surface area contributed by atoms with Crippen LogP contribution in [0, 0.1) is 0 Å². The number of primary amides is 1. The molecule has 0 rings (SSSR count). The van der Waals surface area contributed by atoms with Crippen molar-refractivity contribution in [3.8, 4) is 0 Å². The molecule has 0 bridgehead atoms. The number of thioether (sulfide) groups is 1. The molecule has 0 aliphatic heterocycles. The van der Waals surface area contributed by atoms with Gasteiger partial charge in [0.2, 0.25) is 0 Å². The van der Waals surface area contributed by atoms with E-state index in [1.807, 2.05) is 0 Å². The third-order valence-corrected chi connectivity index (χ3v) is 1.16. The number of urea groups is 1. The third kappa shape index (κ3) is 3.84. The molecule has 0 radical (unpaired) electrons. The number of aliphatic imine (C=N–C) groups is 1. The molecule has 4 nitrogen and oxygen atoms in total. The van der Waals surface area contributed by atoms with E-state index in [2.05, 4.69) is 9.73 Å². The van der Waals surface area contributed by atoms with Gasteiger partial charge in [0.1, 0.15) is 0 Å². The van der Waals surface area contributed by atoms with Crippen molar-refractivity contribution < 1.29 is 9.53 Å². The Morgan fingerprint density at radius 1 is 1.78 bits per heavy atom. The zero-order chi connectivity index (χ0) is 7.28. The minimum absolute atomic E-state index is 0.280. The molecule has 9 heavy (non-hydrogen) atoms. The number of methoxy groups -OCH3 is 1. The van der Waals surface area contributed by atoms with Crippen molar-refractivity contribution in [2.45, 2.75) is 0 Å². The van der Waals surface area contributed by atoms with Crippen molar-refractivity contribution in [1.82, 2.24) is 0 Å². The largest absolute Gasteiger partial charge is 0.476 e. The van der Waals surface area contributed by atoms with Crippen LogP contribution < -0.4 is 5.73 Å². The SMILES string of the molecule is COC(=NC(N)=O)SC. The lowest BCUT2D eigenvalue weighted by molar-refractivity contribution is 0.256. The second-order valence-electron chi connectivity index (χ2n) is 1.12. The van der Waals surface area contributed by atoms with E-state index in [1.165, 1.54) is 18.9 Å². The van der Waals surface area contributed by atoms with Crippen LogP contribution in [0.1, 0.15) is 0 Å². The summed E-state index contributed by atoms with van der Waals surface area (Å²) in [7, 11) is 1.43. The minimum Gasteiger partial charge on any atom is -0.476 e. The van der Waals surface area contributed by atoms with Gasteiger partial charge in [0.25, 0.3) is 5.23 Å². The molecule has 0 unspecified atom stereocenters. The number of carbonyl (C=O) groups is 1. The molecule has 2 N–H and O–H groups in total. The standard InChI is InChI=1S/C4H8N2O2S/c1-8-4(9-2)6-3(5)7/h1-2H3,(H2,5,7). The summed E-state index contributed by atoms with van der Waals surface area (Å²) in [6.07, 6.45) is 1.74. The van der Waals surface area contributed by atoms with Gasteiger partial charge < -0.3 is 10.5 Å². The van der Waals surface area contributed by atoms with Gasteiger partial charge in [0.05, 0.1) is 7.11 Å². The Morgan fingerprint density at radius 3 is 2.44 bits per heavy atom. The average molecular weight is 148 g/mol. The average Bonchev–Trinajstić information content (AvgIpc) is 1.82. The van der Waals surface area contributed by atoms with E-state index in [4.69, 9.17) is 5.73 Å². The van der Waals surface area contributed by atoms with Crippen LogP contribution in [0.25, 0.3) is 0 Å². The number of hydrogen-bond acceptors (Lipinski definition) is 3. The van der Waals surface area contributed by atoms with Crippen molar-refractivity contribution in [3.63, 3.8) is 0 Å². The summed E-state index contributed by atoms with van der Waals surface area (Å²) in [4.78, 5) is 13.4. The first kappa shape index (κ1) is 8.29. The second kappa shape index (κ2) is 4.20. The van der Waals surface area contributed by atoms with Crippen LogP contribution in [0.5, 0.6) is 0 Å². The topological polar surface area (TPSA) is 64.7 Å². The number of nitrogens with two attached hydrogens (primary N) is 1. The normalized spacial score (nSPS) is 11.1. The smallest absolute Gasteiger partial charge is 0.342 e. The number of nitrogens with zero attached hydrogens (tertiary/aromatic N) is 1. The molecule has 0 fully saturated rings. The fourth-order valence-corrected chi connectivity index (χ4v) is 0.613. The molecule has 52 valence electrons. The Bertz CT molecular complexity index is 129. The highest BCUT2D eigenvalue weighted by Crippen LogP contribution is 1.97. The minimum atomic E-state index is -0.735. The second-order valence-corrected chi connectivity index (χ2v) is 1.88. The van der Waals surface area contributed by atoms with Gasteiger partial charge >= 0.3 is 6.03 Å². The van der Waals surface area contributed by atoms with Crippen LogP contribution in [0.3, 0.4) is 0 Å². The molecule has 0 aromatic rings. The lowest BCUT2D eigenvalue weighted by atomic mass is 11.1. The fourth-order valence-electron chi connectivity index (χ4n) is 0.265. The van der Waals surface area contributed by atoms with Gasteiger partial charge in [-0.25, -0.2) is 4.79 Å². The molecular formula is C4H8N2O2S. The quantitative estimate of drug-likeness (QED) is 0.400. The van der Waals surface area contributed by atoms with Gasteiger partial charge in [0, 0.05) is 0 Å². The van der Waals surface area contributed by atoms with Crippen LogP contribution in [-0.4, -0.2) is 24.6 Å². The number of amides is 2. The Labute approximate surface area is 57.5 Å². The van der Waals surface area contributed by atoms with Crippen LogP contribution >= 0.6 is 11.8 Å². The highest BCUT2D eigenvalue weighted by atomic mass is 32.2. The van der Waals surface area contributed by atoms with Crippen molar-refractivity contribution in [2.75, 3.05) is 13.4 Å². The monoisotopic (exact) mass is 148 g/mol. The van der Waals surface area contributed by atoms with Crippen LogP contribution in [0.4, 0.5) is 4.79 Å². The summed E-state index contributed by atoms with van der Waals surface area (Å²) in [5.41, 5.74) is 4.72. The molecule has 2 amide bonds. The number of carbonyl (C=O) groups excluding carboxylic acids is 1. The molecule has 0 spiro atoms. The van der Waals surface area contributed by atoms with Crippen LogP contribution in [-0.2, 0) is 4.74 Å². The zero-order valence-corrected chi connectivity index (χ0v) is 6.07. The molecule has 0 saturated heterocycles. The Balaban J connectivity index is 3.91.